The first-order valence-electron chi connectivity index (χ1n) is 6.48. The summed E-state index contributed by atoms with van der Waals surface area (Å²) in [6.07, 6.45) is 1.38. The van der Waals surface area contributed by atoms with Crippen molar-refractivity contribution in [2.45, 2.75) is 33.5 Å². The molecule has 0 saturated heterocycles. The number of halogens is 2. The molecular weight excluding hydrogens is 329 g/mol. The number of hydrogen-bond acceptors (Lipinski definition) is 4. The Bertz CT molecular complexity index is 662. The first-order chi connectivity index (χ1) is 9.80. The molecular formula is C14H17Cl2N3OS. The van der Waals surface area contributed by atoms with Gasteiger partial charge in [-0.1, -0.05) is 50.0 Å². The summed E-state index contributed by atoms with van der Waals surface area (Å²) in [4.78, 5) is 13.2. The standard InChI is InChI=1S/C14H17Cl2N3OS/c1-14(2,3)12(10-5-4-6-21-10)17-8-19-13(20)11(16)9(15)7-18-19/h4-7,12,17H,8H2,1-3H3. The predicted octanol–water partition coefficient (Wildman–Crippen LogP) is 3.95. The Morgan fingerprint density at radius 1 is 1.43 bits per heavy atom. The molecule has 2 heterocycles. The lowest BCUT2D eigenvalue weighted by molar-refractivity contribution is 0.253. The van der Waals surface area contributed by atoms with Crippen LogP contribution in [-0.4, -0.2) is 9.78 Å². The summed E-state index contributed by atoms with van der Waals surface area (Å²) in [5.74, 6) is 0. The van der Waals surface area contributed by atoms with E-state index in [2.05, 4.69) is 37.3 Å². The Morgan fingerprint density at radius 3 is 2.71 bits per heavy atom. The molecule has 4 nitrogen and oxygen atoms in total. The van der Waals surface area contributed by atoms with Crippen molar-refractivity contribution in [1.29, 1.82) is 0 Å². The normalized spacial score (nSPS) is 13.4. The van der Waals surface area contributed by atoms with Gasteiger partial charge < -0.3 is 0 Å². The smallest absolute Gasteiger partial charge is 0.288 e. The van der Waals surface area contributed by atoms with Crippen molar-refractivity contribution in [2.75, 3.05) is 0 Å². The first-order valence-corrected chi connectivity index (χ1v) is 8.12. The zero-order valence-electron chi connectivity index (χ0n) is 12.1. The van der Waals surface area contributed by atoms with Crippen molar-refractivity contribution in [1.82, 2.24) is 15.1 Å². The van der Waals surface area contributed by atoms with Crippen LogP contribution >= 0.6 is 34.5 Å². The molecule has 114 valence electrons. The van der Waals surface area contributed by atoms with E-state index in [1.807, 2.05) is 11.4 Å². The summed E-state index contributed by atoms with van der Waals surface area (Å²) < 4.78 is 1.28. The van der Waals surface area contributed by atoms with Gasteiger partial charge in [0.25, 0.3) is 5.56 Å². The van der Waals surface area contributed by atoms with E-state index in [9.17, 15) is 4.79 Å². The van der Waals surface area contributed by atoms with Gasteiger partial charge in [-0.05, 0) is 16.9 Å². The second-order valence-electron chi connectivity index (χ2n) is 5.79. The van der Waals surface area contributed by atoms with E-state index in [0.717, 1.165) is 0 Å². The van der Waals surface area contributed by atoms with E-state index in [0.29, 0.717) is 0 Å². The molecule has 0 aliphatic heterocycles. The van der Waals surface area contributed by atoms with Crippen LogP contribution in [0.3, 0.4) is 0 Å². The van der Waals surface area contributed by atoms with Crippen LogP contribution < -0.4 is 10.9 Å². The Balaban J connectivity index is 2.21. The van der Waals surface area contributed by atoms with Crippen molar-refractivity contribution in [2.24, 2.45) is 5.41 Å². The molecule has 2 aromatic rings. The highest BCUT2D eigenvalue weighted by molar-refractivity contribution is 7.10. The Hall–Kier alpha value is -0.880. The number of nitrogens with zero attached hydrogens (tertiary/aromatic N) is 2. The average molecular weight is 346 g/mol. The van der Waals surface area contributed by atoms with Crippen LogP contribution in [0.25, 0.3) is 0 Å². The molecule has 7 heteroatoms. The SMILES string of the molecule is CC(C)(C)C(NCn1ncc(Cl)c(Cl)c1=O)c1cccs1. The number of hydrogen-bond donors (Lipinski definition) is 1. The lowest BCUT2D eigenvalue weighted by atomic mass is 9.86. The number of thiophene rings is 1. The molecule has 1 atom stereocenters. The van der Waals surface area contributed by atoms with E-state index in [1.165, 1.54) is 15.8 Å². The molecule has 21 heavy (non-hydrogen) atoms. The first kappa shape index (κ1) is 16.5. The Morgan fingerprint density at radius 2 is 2.14 bits per heavy atom. The van der Waals surface area contributed by atoms with Gasteiger partial charge >= 0.3 is 0 Å². The topological polar surface area (TPSA) is 46.9 Å². The molecule has 0 spiro atoms. The summed E-state index contributed by atoms with van der Waals surface area (Å²) in [5, 5.41) is 9.59. The van der Waals surface area contributed by atoms with E-state index >= 15 is 0 Å². The van der Waals surface area contributed by atoms with Crippen LogP contribution in [0, 0.1) is 5.41 Å². The second-order valence-corrected chi connectivity index (χ2v) is 7.55. The van der Waals surface area contributed by atoms with Crippen LogP contribution in [0.5, 0.6) is 0 Å². The van der Waals surface area contributed by atoms with Crippen LogP contribution in [0.4, 0.5) is 0 Å². The van der Waals surface area contributed by atoms with Crippen LogP contribution in [-0.2, 0) is 6.67 Å². The predicted molar refractivity (Wildman–Crippen MR) is 88.2 cm³/mol. The summed E-state index contributed by atoms with van der Waals surface area (Å²) in [7, 11) is 0. The van der Waals surface area contributed by atoms with E-state index in [1.54, 1.807) is 11.3 Å². The average Bonchev–Trinajstić information content (AvgIpc) is 2.91. The number of aromatic nitrogens is 2. The molecule has 0 fully saturated rings. The van der Waals surface area contributed by atoms with Gasteiger partial charge in [-0.25, -0.2) is 4.68 Å². The van der Waals surface area contributed by atoms with Crippen molar-refractivity contribution < 1.29 is 0 Å². The van der Waals surface area contributed by atoms with E-state index < -0.39 is 5.56 Å². The third kappa shape index (κ3) is 3.86. The zero-order chi connectivity index (χ0) is 15.6. The molecule has 0 aromatic carbocycles. The van der Waals surface area contributed by atoms with E-state index in [4.69, 9.17) is 23.2 Å². The fourth-order valence-electron chi connectivity index (χ4n) is 2.02. The molecule has 1 N–H and O–H groups in total. The van der Waals surface area contributed by atoms with Crippen LogP contribution in [0.15, 0.2) is 28.5 Å². The summed E-state index contributed by atoms with van der Waals surface area (Å²) in [6.45, 7) is 6.72. The highest BCUT2D eigenvalue weighted by Gasteiger charge is 2.26. The molecule has 0 radical (unpaired) electrons. The number of nitrogens with one attached hydrogen (secondary N) is 1. The maximum atomic E-state index is 12.0. The third-order valence-electron chi connectivity index (χ3n) is 3.08. The van der Waals surface area contributed by atoms with Crippen LogP contribution in [0.1, 0.15) is 31.7 Å². The van der Waals surface area contributed by atoms with Gasteiger partial charge in [-0.15, -0.1) is 11.3 Å². The van der Waals surface area contributed by atoms with Crippen molar-refractivity contribution in [3.05, 3.63) is 49.0 Å². The minimum absolute atomic E-state index is 0.00287. The van der Waals surface area contributed by atoms with Gasteiger partial charge in [-0.3, -0.25) is 10.1 Å². The van der Waals surface area contributed by atoms with Gasteiger partial charge in [0, 0.05) is 10.9 Å². The highest BCUT2D eigenvalue weighted by Crippen LogP contribution is 2.35. The molecule has 1 unspecified atom stereocenters. The zero-order valence-corrected chi connectivity index (χ0v) is 14.4. The quantitative estimate of drug-likeness (QED) is 0.912. The minimum Gasteiger partial charge on any atom is -0.290 e. The van der Waals surface area contributed by atoms with Gasteiger partial charge in [0.2, 0.25) is 0 Å². The molecule has 0 saturated carbocycles. The Kier molecular flexibility index (Phi) is 5.09. The highest BCUT2D eigenvalue weighted by atomic mass is 35.5. The Labute approximate surface area is 137 Å². The maximum Gasteiger partial charge on any atom is 0.288 e. The fourth-order valence-corrected chi connectivity index (χ4v) is 3.34. The second kappa shape index (κ2) is 6.48. The molecule has 0 amide bonds. The number of rotatable bonds is 4. The van der Waals surface area contributed by atoms with Crippen molar-refractivity contribution in [3.8, 4) is 0 Å². The molecule has 2 rings (SSSR count). The summed E-state index contributed by atoms with van der Waals surface area (Å²) in [5.41, 5.74) is -0.388. The van der Waals surface area contributed by atoms with Gasteiger partial charge in [-0.2, -0.15) is 5.10 Å². The lowest BCUT2D eigenvalue weighted by Crippen LogP contribution is -2.37. The van der Waals surface area contributed by atoms with Crippen LogP contribution in [0.2, 0.25) is 10.0 Å². The van der Waals surface area contributed by atoms with E-state index in [-0.39, 0.29) is 28.2 Å². The van der Waals surface area contributed by atoms with Crippen molar-refractivity contribution in [3.63, 3.8) is 0 Å². The minimum atomic E-state index is -0.393. The molecule has 0 aliphatic rings. The summed E-state index contributed by atoms with van der Waals surface area (Å²) >= 11 is 13.3. The molecule has 2 aromatic heterocycles. The maximum absolute atomic E-state index is 12.0. The lowest BCUT2D eigenvalue weighted by Gasteiger charge is -2.31. The fraction of sp³-hybridized carbons (Fsp3) is 0.429. The molecule has 0 bridgehead atoms. The largest absolute Gasteiger partial charge is 0.290 e. The van der Waals surface area contributed by atoms with Crippen molar-refractivity contribution >= 4 is 34.5 Å². The van der Waals surface area contributed by atoms with Gasteiger partial charge in [0.1, 0.15) is 5.02 Å². The van der Waals surface area contributed by atoms with Gasteiger partial charge in [0.15, 0.2) is 0 Å². The summed E-state index contributed by atoms with van der Waals surface area (Å²) in [6, 6.07) is 4.21. The molecule has 0 aliphatic carbocycles. The third-order valence-corrected chi connectivity index (χ3v) is 4.77. The monoisotopic (exact) mass is 345 g/mol. The van der Waals surface area contributed by atoms with Gasteiger partial charge in [0.05, 0.1) is 17.9 Å².